The SMILES string of the molecule is CC(C)n1ncc2c(C(=O)N3CCN(c4ccccc4O)CC3)cc(C3CC3)nc21. The standard InChI is InChI=1S/C23H27N5O2/c1-15(2)28-22-18(14-24-28)17(13-19(25-22)16-7-8-16)23(30)27-11-9-26(10-12-27)20-5-3-4-6-21(20)29/h3-6,13-16,29H,7-12H2,1-2H3. The van der Waals surface area contributed by atoms with Crippen LogP contribution in [0.3, 0.4) is 0 Å². The fraction of sp³-hybridized carbons (Fsp3) is 0.435. The summed E-state index contributed by atoms with van der Waals surface area (Å²) in [6.07, 6.45) is 4.06. The van der Waals surface area contributed by atoms with E-state index in [0.29, 0.717) is 37.7 Å². The molecule has 1 saturated carbocycles. The summed E-state index contributed by atoms with van der Waals surface area (Å²) in [6.45, 7) is 6.79. The minimum absolute atomic E-state index is 0.0459. The maximum atomic E-state index is 13.5. The van der Waals surface area contributed by atoms with Crippen molar-refractivity contribution in [2.75, 3.05) is 31.1 Å². The molecule has 1 aromatic carbocycles. The lowest BCUT2D eigenvalue weighted by atomic mass is 10.1. The number of hydrogen-bond donors (Lipinski definition) is 1. The van der Waals surface area contributed by atoms with Gasteiger partial charge in [-0.15, -0.1) is 0 Å². The molecule has 156 valence electrons. The summed E-state index contributed by atoms with van der Waals surface area (Å²) >= 11 is 0. The molecule has 2 aliphatic rings. The average Bonchev–Trinajstić information content (AvgIpc) is 3.52. The largest absolute Gasteiger partial charge is 0.506 e. The van der Waals surface area contributed by atoms with Gasteiger partial charge in [0.05, 0.1) is 22.8 Å². The second-order valence-electron chi connectivity index (χ2n) is 8.56. The monoisotopic (exact) mass is 405 g/mol. The average molecular weight is 406 g/mol. The van der Waals surface area contributed by atoms with Crippen molar-refractivity contribution in [2.45, 2.75) is 38.6 Å². The minimum Gasteiger partial charge on any atom is -0.506 e. The topological polar surface area (TPSA) is 74.5 Å². The number of aromatic hydroxyl groups is 1. The van der Waals surface area contributed by atoms with Crippen molar-refractivity contribution in [1.29, 1.82) is 0 Å². The fourth-order valence-corrected chi connectivity index (χ4v) is 4.23. The summed E-state index contributed by atoms with van der Waals surface area (Å²) < 4.78 is 1.91. The third-order valence-corrected chi connectivity index (χ3v) is 6.09. The first-order valence-electron chi connectivity index (χ1n) is 10.7. The Kier molecular flexibility index (Phi) is 4.60. The van der Waals surface area contributed by atoms with Crippen LogP contribution in [0.5, 0.6) is 5.75 Å². The van der Waals surface area contributed by atoms with E-state index in [9.17, 15) is 9.90 Å². The highest BCUT2D eigenvalue weighted by atomic mass is 16.3. The van der Waals surface area contributed by atoms with E-state index in [1.54, 1.807) is 12.3 Å². The zero-order chi connectivity index (χ0) is 20.8. The molecule has 1 aliphatic heterocycles. The second kappa shape index (κ2) is 7.31. The molecule has 5 rings (SSSR count). The van der Waals surface area contributed by atoms with Crippen LogP contribution in [-0.2, 0) is 0 Å². The number of amides is 1. The Morgan fingerprint density at radius 1 is 1.13 bits per heavy atom. The number of rotatable bonds is 4. The highest BCUT2D eigenvalue weighted by Gasteiger charge is 2.30. The summed E-state index contributed by atoms with van der Waals surface area (Å²) in [5.74, 6) is 0.794. The summed E-state index contributed by atoms with van der Waals surface area (Å²) in [7, 11) is 0. The van der Waals surface area contributed by atoms with Gasteiger partial charge in [0.25, 0.3) is 5.91 Å². The summed E-state index contributed by atoms with van der Waals surface area (Å²) in [5, 5.41) is 15.5. The molecule has 0 spiro atoms. The number of benzene rings is 1. The third-order valence-electron chi connectivity index (χ3n) is 6.09. The number of nitrogens with zero attached hydrogens (tertiary/aromatic N) is 5. The van der Waals surface area contributed by atoms with E-state index in [1.165, 1.54) is 0 Å². The lowest BCUT2D eigenvalue weighted by Gasteiger charge is -2.36. The van der Waals surface area contributed by atoms with Gasteiger partial charge in [-0.2, -0.15) is 5.10 Å². The summed E-state index contributed by atoms with van der Waals surface area (Å²) in [4.78, 5) is 22.4. The Labute approximate surface area is 175 Å². The quantitative estimate of drug-likeness (QED) is 0.718. The van der Waals surface area contributed by atoms with Crippen molar-refractivity contribution in [1.82, 2.24) is 19.7 Å². The normalized spacial score (nSPS) is 17.2. The maximum absolute atomic E-state index is 13.5. The van der Waals surface area contributed by atoms with Crippen molar-refractivity contribution >= 4 is 22.6 Å². The van der Waals surface area contributed by atoms with Gasteiger partial charge in [0.1, 0.15) is 5.75 Å². The van der Waals surface area contributed by atoms with E-state index >= 15 is 0 Å². The van der Waals surface area contributed by atoms with Gasteiger partial charge >= 0.3 is 0 Å². The van der Waals surface area contributed by atoms with E-state index in [1.807, 2.05) is 33.8 Å². The molecule has 0 radical (unpaired) electrons. The Balaban J connectivity index is 1.42. The van der Waals surface area contributed by atoms with Crippen molar-refractivity contribution in [3.63, 3.8) is 0 Å². The Bertz CT molecular complexity index is 1090. The fourth-order valence-electron chi connectivity index (χ4n) is 4.23. The molecule has 0 atom stereocenters. The molecule has 1 amide bonds. The molecule has 3 heterocycles. The highest BCUT2D eigenvalue weighted by Crippen LogP contribution is 2.40. The molecule has 2 aromatic heterocycles. The van der Waals surface area contributed by atoms with Crippen molar-refractivity contribution < 1.29 is 9.90 Å². The molecule has 0 bridgehead atoms. The zero-order valence-corrected chi connectivity index (χ0v) is 17.5. The Hall–Kier alpha value is -3.09. The molecule has 1 saturated heterocycles. The molecular weight excluding hydrogens is 378 g/mol. The number of hydrogen-bond acceptors (Lipinski definition) is 5. The van der Waals surface area contributed by atoms with E-state index in [0.717, 1.165) is 35.3 Å². The van der Waals surface area contributed by atoms with Gasteiger partial charge in [-0.25, -0.2) is 9.67 Å². The Morgan fingerprint density at radius 3 is 2.53 bits per heavy atom. The van der Waals surface area contributed by atoms with Crippen LogP contribution in [-0.4, -0.2) is 56.9 Å². The van der Waals surface area contributed by atoms with Crippen LogP contribution in [0, 0.1) is 0 Å². The van der Waals surface area contributed by atoms with Crippen LogP contribution >= 0.6 is 0 Å². The van der Waals surface area contributed by atoms with E-state index < -0.39 is 0 Å². The van der Waals surface area contributed by atoms with E-state index in [-0.39, 0.29) is 17.7 Å². The lowest BCUT2D eigenvalue weighted by Crippen LogP contribution is -2.48. The van der Waals surface area contributed by atoms with Gasteiger partial charge in [0.15, 0.2) is 5.65 Å². The predicted molar refractivity (Wildman–Crippen MR) is 116 cm³/mol. The molecule has 3 aromatic rings. The zero-order valence-electron chi connectivity index (χ0n) is 17.5. The predicted octanol–water partition coefficient (Wildman–Crippen LogP) is 3.56. The van der Waals surface area contributed by atoms with E-state index in [2.05, 4.69) is 23.8 Å². The van der Waals surface area contributed by atoms with Crippen molar-refractivity contribution in [3.05, 3.63) is 47.8 Å². The number of phenols is 1. The maximum Gasteiger partial charge on any atom is 0.254 e. The van der Waals surface area contributed by atoms with Crippen LogP contribution in [0.2, 0.25) is 0 Å². The number of phenolic OH excluding ortho intramolecular Hbond substituents is 1. The molecule has 1 aliphatic carbocycles. The molecule has 2 fully saturated rings. The van der Waals surface area contributed by atoms with Gasteiger partial charge in [-0.3, -0.25) is 4.79 Å². The Morgan fingerprint density at radius 2 is 1.87 bits per heavy atom. The first-order chi connectivity index (χ1) is 14.5. The number of anilines is 1. The van der Waals surface area contributed by atoms with Crippen LogP contribution in [0.1, 0.15) is 54.7 Å². The highest BCUT2D eigenvalue weighted by molar-refractivity contribution is 6.05. The van der Waals surface area contributed by atoms with Gasteiger partial charge in [-0.05, 0) is 44.9 Å². The smallest absolute Gasteiger partial charge is 0.254 e. The van der Waals surface area contributed by atoms with Gasteiger partial charge in [-0.1, -0.05) is 12.1 Å². The molecule has 7 heteroatoms. The van der Waals surface area contributed by atoms with Crippen LogP contribution < -0.4 is 4.90 Å². The number of para-hydroxylation sites is 2. The first kappa shape index (κ1) is 18.9. The first-order valence-corrected chi connectivity index (χ1v) is 10.7. The van der Waals surface area contributed by atoms with Crippen molar-refractivity contribution in [3.8, 4) is 5.75 Å². The molecule has 1 N–H and O–H groups in total. The number of carbonyl (C=O) groups is 1. The number of fused-ring (bicyclic) bond motifs is 1. The number of aromatic nitrogens is 3. The third kappa shape index (κ3) is 3.28. The van der Waals surface area contributed by atoms with Gasteiger partial charge in [0, 0.05) is 43.8 Å². The molecule has 7 nitrogen and oxygen atoms in total. The second-order valence-corrected chi connectivity index (χ2v) is 8.56. The minimum atomic E-state index is 0.0459. The molecular formula is C23H27N5O2. The van der Waals surface area contributed by atoms with Crippen LogP contribution in [0.15, 0.2) is 36.5 Å². The lowest BCUT2D eigenvalue weighted by molar-refractivity contribution is 0.0748. The van der Waals surface area contributed by atoms with Crippen molar-refractivity contribution in [2.24, 2.45) is 0 Å². The number of carbonyl (C=O) groups excluding carboxylic acids is 1. The van der Waals surface area contributed by atoms with Gasteiger partial charge < -0.3 is 14.9 Å². The number of piperazine rings is 1. The molecule has 0 unspecified atom stereocenters. The van der Waals surface area contributed by atoms with E-state index in [4.69, 9.17) is 4.98 Å². The summed E-state index contributed by atoms with van der Waals surface area (Å²) in [5.41, 5.74) is 3.36. The molecule has 30 heavy (non-hydrogen) atoms. The van der Waals surface area contributed by atoms with Crippen LogP contribution in [0.4, 0.5) is 5.69 Å². The number of pyridine rings is 1. The van der Waals surface area contributed by atoms with Crippen LogP contribution in [0.25, 0.3) is 11.0 Å². The van der Waals surface area contributed by atoms with Gasteiger partial charge in [0.2, 0.25) is 0 Å². The summed E-state index contributed by atoms with van der Waals surface area (Å²) in [6, 6.07) is 9.54.